The fourth-order valence-corrected chi connectivity index (χ4v) is 6.59. The van der Waals surface area contributed by atoms with E-state index in [2.05, 4.69) is 29.3 Å². The molecule has 2 aromatic rings. The van der Waals surface area contributed by atoms with Crippen LogP contribution in [0.25, 0.3) is 0 Å². The SMILES string of the molecule is Cc1ccc(Cl)cc1N1CCN(C(=O)Nc2cccc(C3SCCS3)c2)CC1. The molecule has 2 aliphatic heterocycles. The van der Waals surface area contributed by atoms with Crippen LogP contribution in [0.2, 0.25) is 5.02 Å². The molecule has 4 rings (SSSR count). The van der Waals surface area contributed by atoms with E-state index in [1.54, 1.807) is 0 Å². The van der Waals surface area contributed by atoms with Crippen LogP contribution in [-0.2, 0) is 0 Å². The topological polar surface area (TPSA) is 35.6 Å². The molecule has 0 aliphatic carbocycles. The third-order valence-corrected chi connectivity index (χ3v) is 8.45. The summed E-state index contributed by atoms with van der Waals surface area (Å²) in [7, 11) is 0. The lowest BCUT2D eigenvalue weighted by molar-refractivity contribution is 0.208. The summed E-state index contributed by atoms with van der Waals surface area (Å²) in [6.45, 7) is 5.12. The highest BCUT2D eigenvalue weighted by atomic mass is 35.5. The second-order valence-electron chi connectivity index (χ2n) is 7.03. The van der Waals surface area contributed by atoms with Crippen molar-refractivity contribution >= 4 is 52.5 Å². The first-order valence-corrected chi connectivity index (χ1v) is 12.0. The van der Waals surface area contributed by atoms with Gasteiger partial charge in [0.1, 0.15) is 0 Å². The van der Waals surface area contributed by atoms with E-state index >= 15 is 0 Å². The molecule has 0 unspecified atom stereocenters. The fourth-order valence-electron chi connectivity index (χ4n) is 3.59. The first-order chi connectivity index (χ1) is 13.6. The Kier molecular flexibility index (Phi) is 6.28. The van der Waals surface area contributed by atoms with Gasteiger partial charge < -0.3 is 15.1 Å². The van der Waals surface area contributed by atoms with Crippen LogP contribution in [0.15, 0.2) is 42.5 Å². The van der Waals surface area contributed by atoms with E-state index in [9.17, 15) is 4.79 Å². The van der Waals surface area contributed by atoms with Crippen LogP contribution in [0, 0.1) is 6.92 Å². The summed E-state index contributed by atoms with van der Waals surface area (Å²) in [5, 5.41) is 3.83. The van der Waals surface area contributed by atoms with E-state index < -0.39 is 0 Å². The second-order valence-corrected chi connectivity index (χ2v) is 10.2. The standard InChI is InChI=1S/C21H24ClN3OS2/c1-15-5-6-17(22)14-19(15)24-7-9-25(10-8-24)21(26)23-18-4-2-3-16(13-18)20-27-11-12-28-20/h2-6,13-14,20H,7-12H2,1H3,(H,23,26). The van der Waals surface area contributed by atoms with E-state index in [4.69, 9.17) is 11.6 Å². The number of aryl methyl sites for hydroxylation is 1. The molecule has 4 nitrogen and oxygen atoms in total. The van der Waals surface area contributed by atoms with Crippen molar-refractivity contribution in [1.82, 2.24) is 4.90 Å². The van der Waals surface area contributed by atoms with E-state index in [1.165, 1.54) is 22.6 Å². The number of benzene rings is 2. The summed E-state index contributed by atoms with van der Waals surface area (Å²) < 4.78 is 0.487. The number of hydrogen-bond donors (Lipinski definition) is 1. The maximum Gasteiger partial charge on any atom is 0.321 e. The zero-order chi connectivity index (χ0) is 19.5. The minimum Gasteiger partial charge on any atom is -0.368 e. The summed E-state index contributed by atoms with van der Waals surface area (Å²) in [6.07, 6.45) is 0. The maximum absolute atomic E-state index is 12.7. The number of urea groups is 1. The van der Waals surface area contributed by atoms with E-state index in [-0.39, 0.29) is 6.03 Å². The van der Waals surface area contributed by atoms with Gasteiger partial charge in [-0.15, -0.1) is 23.5 Å². The fraction of sp³-hybridized carbons (Fsp3) is 0.381. The lowest BCUT2D eigenvalue weighted by Crippen LogP contribution is -2.50. The molecule has 0 spiro atoms. The Labute approximate surface area is 180 Å². The van der Waals surface area contributed by atoms with Gasteiger partial charge in [-0.05, 0) is 42.3 Å². The third-order valence-electron chi connectivity index (χ3n) is 5.11. The molecule has 148 valence electrons. The number of amides is 2. The smallest absolute Gasteiger partial charge is 0.321 e. The minimum atomic E-state index is -0.0219. The zero-order valence-electron chi connectivity index (χ0n) is 15.9. The Morgan fingerprint density at radius 2 is 1.82 bits per heavy atom. The van der Waals surface area contributed by atoms with Crippen molar-refractivity contribution in [3.05, 3.63) is 58.6 Å². The number of anilines is 2. The first kappa shape index (κ1) is 19.8. The predicted molar refractivity (Wildman–Crippen MR) is 123 cm³/mol. The van der Waals surface area contributed by atoms with Gasteiger partial charge in [0.05, 0.1) is 4.58 Å². The molecule has 2 heterocycles. The van der Waals surface area contributed by atoms with Crippen LogP contribution in [-0.4, -0.2) is 48.6 Å². The number of piperazine rings is 1. The second kappa shape index (κ2) is 8.89. The molecule has 1 N–H and O–H groups in total. The molecule has 0 bridgehead atoms. The Bertz CT molecular complexity index is 849. The number of nitrogens with zero attached hydrogens (tertiary/aromatic N) is 2. The molecule has 0 atom stereocenters. The number of hydrogen-bond acceptors (Lipinski definition) is 4. The molecule has 7 heteroatoms. The van der Waals surface area contributed by atoms with Crippen LogP contribution in [0.3, 0.4) is 0 Å². The Hall–Kier alpha value is -1.50. The molecular weight excluding hydrogens is 410 g/mol. The number of nitrogens with one attached hydrogen (secondary N) is 1. The lowest BCUT2D eigenvalue weighted by Gasteiger charge is -2.36. The quantitative estimate of drug-likeness (QED) is 0.695. The number of halogens is 1. The highest BCUT2D eigenvalue weighted by molar-refractivity contribution is 8.19. The minimum absolute atomic E-state index is 0.0219. The van der Waals surface area contributed by atoms with E-state index in [1.807, 2.05) is 58.8 Å². The van der Waals surface area contributed by atoms with Crippen LogP contribution in [0.4, 0.5) is 16.2 Å². The summed E-state index contributed by atoms with van der Waals surface area (Å²) in [6, 6.07) is 14.2. The zero-order valence-corrected chi connectivity index (χ0v) is 18.2. The molecule has 2 amide bonds. The van der Waals surface area contributed by atoms with Crippen molar-refractivity contribution in [2.24, 2.45) is 0 Å². The number of carbonyl (C=O) groups is 1. The van der Waals surface area contributed by atoms with Gasteiger partial charge in [-0.3, -0.25) is 0 Å². The summed E-state index contributed by atoms with van der Waals surface area (Å²) >= 11 is 10.1. The average molecular weight is 434 g/mol. The number of rotatable bonds is 3. The Balaban J connectivity index is 1.35. The molecule has 2 aliphatic rings. The normalized spacial score (nSPS) is 17.8. The summed E-state index contributed by atoms with van der Waals surface area (Å²) in [5.74, 6) is 2.39. The molecule has 0 aromatic heterocycles. The first-order valence-electron chi connectivity index (χ1n) is 9.50. The van der Waals surface area contributed by atoms with Crippen molar-refractivity contribution < 1.29 is 4.79 Å². The van der Waals surface area contributed by atoms with Gasteiger partial charge in [-0.2, -0.15) is 0 Å². The summed E-state index contributed by atoms with van der Waals surface area (Å²) in [5.41, 5.74) is 4.53. The molecule has 2 fully saturated rings. The van der Waals surface area contributed by atoms with Gasteiger partial charge >= 0.3 is 6.03 Å². The van der Waals surface area contributed by atoms with Crippen LogP contribution < -0.4 is 10.2 Å². The van der Waals surface area contributed by atoms with Crippen LogP contribution >= 0.6 is 35.1 Å². The highest BCUT2D eigenvalue weighted by Crippen LogP contribution is 2.45. The van der Waals surface area contributed by atoms with Crippen LogP contribution in [0.1, 0.15) is 15.7 Å². The molecule has 0 radical (unpaired) electrons. The molecule has 2 aromatic carbocycles. The third kappa shape index (κ3) is 4.56. The number of carbonyl (C=O) groups excluding carboxylic acids is 1. The average Bonchev–Trinajstić information content (AvgIpc) is 3.25. The van der Waals surface area contributed by atoms with Gasteiger partial charge in [0.25, 0.3) is 0 Å². The van der Waals surface area contributed by atoms with Crippen molar-refractivity contribution in [2.75, 3.05) is 47.9 Å². The van der Waals surface area contributed by atoms with E-state index in [0.717, 1.165) is 29.5 Å². The monoisotopic (exact) mass is 433 g/mol. The Morgan fingerprint density at radius 1 is 1.07 bits per heavy atom. The lowest BCUT2D eigenvalue weighted by atomic mass is 10.1. The van der Waals surface area contributed by atoms with Gasteiger partial charge in [0, 0.05) is 54.1 Å². The van der Waals surface area contributed by atoms with Crippen LogP contribution in [0.5, 0.6) is 0 Å². The number of thioether (sulfide) groups is 2. The van der Waals surface area contributed by atoms with Crippen molar-refractivity contribution in [3.8, 4) is 0 Å². The van der Waals surface area contributed by atoms with Crippen molar-refractivity contribution in [1.29, 1.82) is 0 Å². The van der Waals surface area contributed by atoms with Crippen molar-refractivity contribution in [3.63, 3.8) is 0 Å². The Morgan fingerprint density at radius 3 is 2.57 bits per heavy atom. The van der Waals surface area contributed by atoms with Gasteiger partial charge in [-0.25, -0.2) is 4.79 Å². The van der Waals surface area contributed by atoms with Crippen molar-refractivity contribution in [2.45, 2.75) is 11.5 Å². The maximum atomic E-state index is 12.7. The molecular formula is C21H24ClN3OS2. The van der Waals surface area contributed by atoms with Gasteiger partial charge in [0.15, 0.2) is 0 Å². The van der Waals surface area contributed by atoms with Gasteiger partial charge in [-0.1, -0.05) is 29.8 Å². The molecule has 0 saturated carbocycles. The molecule has 28 heavy (non-hydrogen) atoms. The summed E-state index contributed by atoms with van der Waals surface area (Å²) in [4.78, 5) is 16.9. The highest BCUT2D eigenvalue weighted by Gasteiger charge is 2.23. The van der Waals surface area contributed by atoms with Gasteiger partial charge in [0.2, 0.25) is 0 Å². The molecule has 2 saturated heterocycles. The largest absolute Gasteiger partial charge is 0.368 e. The predicted octanol–water partition coefficient (Wildman–Crippen LogP) is 5.48. The van der Waals surface area contributed by atoms with E-state index in [0.29, 0.717) is 17.7 Å².